The summed E-state index contributed by atoms with van der Waals surface area (Å²) >= 11 is 4.97. The lowest BCUT2D eigenvalue weighted by atomic mass is 10.4. The van der Waals surface area contributed by atoms with Crippen LogP contribution < -0.4 is 0 Å². The standard InChI is InChI=1S/C5H7ClO/c1-2-3-4-5(6)7/h2-3H,4H2,1H3/b3-2+. The second-order valence-corrected chi connectivity index (χ2v) is 1.55. The summed E-state index contributed by atoms with van der Waals surface area (Å²) < 4.78 is 0. The Hall–Kier alpha value is -0.300. The van der Waals surface area contributed by atoms with Crippen molar-refractivity contribution in [2.45, 2.75) is 13.3 Å². The SMILES string of the molecule is C/C=C/CC(=O)Cl. The van der Waals surface area contributed by atoms with Crippen LogP contribution in [0.5, 0.6) is 0 Å². The normalized spacial score (nSPS) is 10.0. The highest BCUT2D eigenvalue weighted by Crippen LogP contribution is 1.88. The van der Waals surface area contributed by atoms with Crippen molar-refractivity contribution in [1.29, 1.82) is 0 Å². The third-order valence-corrected chi connectivity index (χ3v) is 0.668. The van der Waals surface area contributed by atoms with Crippen molar-refractivity contribution >= 4 is 16.8 Å². The van der Waals surface area contributed by atoms with E-state index >= 15 is 0 Å². The van der Waals surface area contributed by atoms with E-state index in [-0.39, 0.29) is 5.24 Å². The fourth-order valence-corrected chi connectivity index (χ4v) is 0.300. The van der Waals surface area contributed by atoms with E-state index < -0.39 is 0 Å². The lowest BCUT2D eigenvalue weighted by Gasteiger charge is -1.75. The van der Waals surface area contributed by atoms with Gasteiger partial charge in [-0.25, -0.2) is 0 Å². The van der Waals surface area contributed by atoms with Crippen LogP contribution in [0.4, 0.5) is 0 Å². The first kappa shape index (κ1) is 6.70. The van der Waals surface area contributed by atoms with Gasteiger partial charge in [0.1, 0.15) is 0 Å². The van der Waals surface area contributed by atoms with Gasteiger partial charge >= 0.3 is 0 Å². The number of allylic oxidation sites excluding steroid dienone is 2. The molecule has 0 saturated carbocycles. The van der Waals surface area contributed by atoms with E-state index in [1.807, 2.05) is 6.92 Å². The second-order valence-electron chi connectivity index (χ2n) is 1.13. The van der Waals surface area contributed by atoms with Gasteiger partial charge in [-0.1, -0.05) is 12.2 Å². The maximum Gasteiger partial charge on any atom is 0.225 e. The Morgan fingerprint density at radius 1 is 1.86 bits per heavy atom. The summed E-state index contributed by atoms with van der Waals surface area (Å²) in [4.78, 5) is 9.92. The molecule has 0 heterocycles. The van der Waals surface area contributed by atoms with Crippen LogP contribution in [0.2, 0.25) is 0 Å². The van der Waals surface area contributed by atoms with Crippen LogP contribution >= 0.6 is 11.6 Å². The third-order valence-electron chi connectivity index (χ3n) is 0.514. The fourth-order valence-electron chi connectivity index (χ4n) is 0.211. The van der Waals surface area contributed by atoms with Crippen LogP contribution in [-0.2, 0) is 4.79 Å². The number of rotatable bonds is 2. The van der Waals surface area contributed by atoms with E-state index in [1.54, 1.807) is 12.2 Å². The van der Waals surface area contributed by atoms with Crippen LogP contribution in [-0.4, -0.2) is 5.24 Å². The van der Waals surface area contributed by atoms with Crippen LogP contribution in [0.25, 0.3) is 0 Å². The Balaban J connectivity index is 3.14. The van der Waals surface area contributed by atoms with Gasteiger partial charge in [0.05, 0.1) is 0 Å². The Morgan fingerprint density at radius 2 is 2.43 bits per heavy atom. The highest BCUT2D eigenvalue weighted by Gasteiger charge is 1.85. The van der Waals surface area contributed by atoms with Crippen LogP contribution in [0, 0.1) is 0 Å². The van der Waals surface area contributed by atoms with E-state index in [4.69, 9.17) is 11.6 Å². The first-order chi connectivity index (χ1) is 3.27. The van der Waals surface area contributed by atoms with Gasteiger partial charge in [-0.2, -0.15) is 0 Å². The molecule has 0 aromatic heterocycles. The minimum Gasteiger partial charge on any atom is -0.281 e. The van der Waals surface area contributed by atoms with Crippen molar-refractivity contribution in [2.75, 3.05) is 0 Å². The molecule has 0 aromatic rings. The molecule has 0 aliphatic heterocycles. The molecular weight excluding hydrogens is 112 g/mol. The van der Waals surface area contributed by atoms with Crippen LogP contribution in [0.15, 0.2) is 12.2 Å². The van der Waals surface area contributed by atoms with Crippen molar-refractivity contribution in [3.8, 4) is 0 Å². The molecule has 0 unspecified atom stereocenters. The summed E-state index contributed by atoms with van der Waals surface area (Å²) in [6.45, 7) is 1.85. The molecule has 1 nitrogen and oxygen atoms in total. The van der Waals surface area contributed by atoms with Gasteiger partial charge in [-0.3, -0.25) is 4.79 Å². The van der Waals surface area contributed by atoms with E-state index in [9.17, 15) is 4.79 Å². The molecule has 7 heavy (non-hydrogen) atoms. The van der Waals surface area contributed by atoms with Gasteiger partial charge in [0.25, 0.3) is 0 Å². The number of carbonyl (C=O) groups excluding carboxylic acids is 1. The summed E-state index contributed by atoms with van der Waals surface area (Å²) in [6, 6.07) is 0. The van der Waals surface area contributed by atoms with Gasteiger partial charge < -0.3 is 0 Å². The Bertz CT molecular complexity index is 86.1. The molecular formula is C5H7ClO. The minimum atomic E-state index is -0.307. The summed E-state index contributed by atoms with van der Waals surface area (Å²) in [6.07, 6.45) is 3.85. The maximum atomic E-state index is 9.92. The van der Waals surface area contributed by atoms with E-state index in [0.717, 1.165) is 0 Å². The lowest BCUT2D eigenvalue weighted by Crippen LogP contribution is -1.77. The van der Waals surface area contributed by atoms with E-state index in [1.165, 1.54) is 0 Å². The van der Waals surface area contributed by atoms with Crippen molar-refractivity contribution < 1.29 is 4.79 Å². The van der Waals surface area contributed by atoms with Crippen molar-refractivity contribution in [3.05, 3.63) is 12.2 Å². The average molecular weight is 119 g/mol. The topological polar surface area (TPSA) is 17.1 Å². The van der Waals surface area contributed by atoms with Crippen molar-refractivity contribution in [3.63, 3.8) is 0 Å². The number of hydrogen-bond donors (Lipinski definition) is 0. The van der Waals surface area contributed by atoms with Crippen molar-refractivity contribution in [2.24, 2.45) is 0 Å². The first-order valence-electron chi connectivity index (χ1n) is 2.07. The molecule has 0 spiro atoms. The third kappa shape index (κ3) is 5.70. The molecule has 0 atom stereocenters. The number of carbonyl (C=O) groups is 1. The summed E-state index contributed by atoms with van der Waals surface area (Å²) in [7, 11) is 0. The molecule has 0 bridgehead atoms. The number of hydrogen-bond acceptors (Lipinski definition) is 1. The zero-order chi connectivity index (χ0) is 5.70. The monoisotopic (exact) mass is 118 g/mol. The molecule has 0 amide bonds. The molecule has 0 aromatic carbocycles. The van der Waals surface area contributed by atoms with E-state index in [0.29, 0.717) is 6.42 Å². The Kier molecular flexibility index (Phi) is 3.71. The second kappa shape index (κ2) is 3.88. The summed E-state index contributed by atoms with van der Waals surface area (Å²) in [5.74, 6) is 0. The van der Waals surface area contributed by atoms with Gasteiger partial charge in [0.15, 0.2) is 0 Å². The molecule has 0 N–H and O–H groups in total. The molecule has 0 saturated heterocycles. The highest BCUT2D eigenvalue weighted by atomic mass is 35.5. The zero-order valence-corrected chi connectivity index (χ0v) is 4.90. The van der Waals surface area contributed by atoms with Gasteiger partial charge in [-0.15, -0.1) is 0 Å². The smallest absolute Gasteiger partial charge is 0.225 e. The molecule has 0 fully saturated rings. The van der Waals surface area contributed by atoms with E-state index in [2.05, 4.69) is 0 Å². The summed E-state index contributed by atoms with van der Waals surface area (Å²) in [5, 5.41) is -0.307. The highest BCUT2D eigenvalue weighted by molar-refractivity contribution is 6.63. The zero-order valence-electron chi connectivity index (χ0n) is 4.15. The molecule has 0 aliphatic rings. The number of halogens is 1. The molecule has 0 radical (unpaired) electrons. The molecule has 2 heteroatoms. The van der Waals surface area contributed by atoms with Gasteiger partial charge in [-0.05, 0) is 18.5 Å². The van der Waals surface area contributed by atoms with Crippen LogP contribution in [0.1, 0.15) is 13.3 Å². The Morgan fingerprint density at radius 3 is 2.57 bits per heavy atom. The van der Waals surface area contributed by atoms with Crippen molar-refractivity contribution in [1.82, 2.24) is 0 Å². The fraction of sp³-hybridized carbons (Fsp3) is 0.400. The quantitative estimate of drug-likeness (QED) is 0.399. The molecule has 0 aliphatic carbocycles. The lowest BCUT2D eigenvalue weighted by molar-refractivity contribution is -0.110. The average Bonchev–Trinajstić information content (AvgIpc) is 1.61. The van der Waals surface area contributed by atoms with Gasteiger partial charge in [0.2, 0.25) is 5.24 Å². The molecule has 0 rings (SSSR count). The van der Waals surface area contributed by atoms with Crippen LogP contribution in [0.3, 0.4) is 0 Å². The minimum absolute atomic E-state index is 0.307. The largest absolute Gasteiger partial charge is 0.281 e. The predicted octanol–water partition coefficient (Wildman–Crippen LogP) is 1.72. The molecule has 40 valence electrons. The van der Waals surface area contributed by atoms with Gasteiger partial charge in [0, 0.05) is 6.42 Å². The first-order valence-corrected chi connectivity index (χ1v) is 2.44. The Labute approximate surface area is 48.0 Å². The maximum absolute atomic E-state index is 9.92. The summed E-state index contributed by atoms with van der Waals surface area (Å²) in [5.41, 5.74) is 0. The predicted molar refractivity (Wildman–Crippen MR) is 30.3 cm³/mol.